The normalized spacial score (nSPS) is 11.0. The van der Waals surface area contributed by atoms with Crippen molar-refractivity contribution >= 4 is 28.9 Å². The number of alkyl halides is 3. The first kappa shape index (κ1) is 19.3. The minimum Gasteiger partial charge on any atom is -0.376 e. The van der Waals surface area contributed by atoms with Crippen LogP contribution in [-0.4, -0.2) is 25.4 Å². The summed E-state index contributed by atoms with van der Waals surface area (Å²) in [4.78, 5) is 24.7. The number of rotatable bonds is 5. The van der Waals surface area contributed by atoms with Crippen LogP contribution in [0.15, 0.2) is 48.5 Å². The molecule has 0 saturated carbocycles. The Bertz CT molecular complexity index is 789. The molecule has 2 rings (SSSR count). The van der Waals surface area contributed by atoms with Gasteiger partial charge in [0.05, 0.1) is 12.1 Å². The van der Waals surface area contributed by atoms with Gasteiger partial charge < -0.3 is 15.5 Å². The van der Waals surface area contributed by atoms with Gasteiger partial charge in [0.15, 0.2) is 0 Å². The van der Waals surface area contributed by atoms with Crippen LogP contribution in [0.2, 0.25) is 0 Å². The minimum absolute atomic E-state index is 0.118. The van der Waals surface area contributed by atoms with E-state index in [0.29, 0.717) is 11.4 Å². The van der Waals surface area contributed by atoms with Crippen molar-refractivity contribution in [3.05, 3.63) is 54.1 Å². The molecule has 5 nitrogen and oxygen atoms in total. The van der Waals surface area contributed by atoms with Gasteiger partial charge in [0.2, 0.25) is 11.8 Å². The Morgan fingerprint density at radius 3 is 2.27 bits per heavy atom. The Hall–Kier alpha value is -3.03. The molecule has 2 amide bonds. The summed E-state index contributed by atoms with van der Waals surface area (Å²) in [6.07, 6.45) is -4.44. The van der Waals surface area contributed by atoms with Crippen LogP contribution in [0, 0.1) is 0 Å². The largest absolute Gasteiger partial charge is 0.416 e. The summed E-state index contributed by atoms with van der Waals surface area (Å²) in [6, 6.07) is 11.3. The quantitative estimate of drug-likeness (QED) is 0.849. The van der Waals surface area contributed by atoms with Crippen molar-refractivity contribution in [1.29, 1.82) is 0 Å². The van der Waals surface area contributed by atoms with Crippen molar-refractivity contribution in [1.82, 2.24) is 0 Å². The number of amides is 2. The summed E-state index contributed by atoms with van der Waals surface area (Å²) in [5.74, 6) is -0.526. The second-order valence-electron chi connectivity index (χ2n) is 5.61. The maximum atomic E-state index is 12.7. The van der Waals surface area contributed by atoms with Crippen molar-refractivity contribution in [3.8, 4) is 0 Å². The molecule has 2 N–H and O–H groups in total. The molecule has 138 valence electrons. The fourth-order valence-corrected chi connectivity index (χ4v) is 2.14. The molecule has 2 aromatic rings. The molecule has 0 aliphatic heterocycles. The lowest BCUT2D eigenvalue weighted by Gasteiger charge is -2.15. The summed E-state index contributed by atoms with van der Waals surface area (Å²) in [7, 11) is 1.63. The molecule has 0 aliphatic carbocycles. The van der Waals surface area contributed by atoms with Gasteiger partial charge in [0.1, 0.15) is 0 Å². The Morgan fingerprint density at radius 2 is 1.69 bits per heavy atom. The van der Waals surface area contributed by atoms with Gasteiger partial charge >= 0.3 is 6.18 Å². The van der Waals surface area contributed by atoms with E-state index in [2.05, 4.69) is 10.6 Å². The van der Waals surface area contributed by atoms with Crippen LogP contribution in [0.5, 0.6) is 0 Å². The zero-order chi connectivity index (χ0) is 19.3. The van der Waals surface area contributed by atoms with Crippen LogP contribution in [0.4, 0.5) is 30.2 Å². The second kappa shape index (κ2) is 7.90. The molecule has 0 fully saturated rings. The third kappa shape index (κ3) is 5.23. The highest BCUT2D eigenvalue weighted by Gasteiger charge is 2.30. The van der Waals surface area contributed by atoms with E-state index in [1.807, 2.05) is 0 Å². The third-order valence-corrected chi connectivity index (χ3v) is 3.65. The van der Waals surface area contributed by atoms with Crippen LogP contribution < -0.4 is 15.5 Å². The van der Waals surface area contributed by atoms with Crippen LogP contribution >= 0.6 is 0 Å². The van der Waals surface area contributed by atoms with Gasteiger partial charge in [-0.3, -0.25) is 9.59 Å². The number of anilines is 3. The van der Waals surface area contributed by atoms with E-state index in [4.69, 9.17) is 0 Å². The average molecular weight is 365 g/mol. The zero-order valence-corrected chi connectivity index (χ0v) is 14.2. The maximum absolute atomic E-state index is 12.7. The number of nitrogens with one attached hydrogen (secondary N) is 2. The lowest BCUT2D eigenvalue weighted by molar-refractivity contribution is -0.137. The van der Waals surface area contributed by atoms with E-state index in [9.17, 15) is 22.8 Å². The zero-order valence-electron chi connectivity index (χ0n) is 14.2. The molecule has 0 saturated heterocycles. The molecule has 26 heavy (non-hydrogen) atoms. The summed E-state index contributed by atoms with van der Waals surface area (Å²) >= 11 is 0. The molecular formula is C18H18F3N3O2. The van der Waals surface area contributed by atoms with E-state index < -0.39 is 17.6 Å². The van der Waals surface area contributed by atoms with Crippen LogP contribution in [0.1, 0.15) is 12.5 Å². The van der Waals surface area contributed by atoms with Crippen molar-refractivity contribution < 1.29 is 22.8 Å². The van der Waals surface area contributed by atoms with Gasteiger partial charge in [0, 0.05) is 31.0 Å². The number of carbonyl (C=O) groups excluding carboxylic acids is 2. The van der Waals surface area contributed by atoms with Crippen molar-refractivity contribution in [2.45, 2.75) is 13.1 Å². The molecule has 0 aromatic heterocycles. The third-order valence-electron chi connectivity index (χ3n) is 3.65. The van der Waals surface area contributed by atoms with E-state index in [1.54, 1.807) is 31.3 Å². The molecule has 0 bridgehead atoms. The summed E-state index contributed by atoms with van der Waals surface area (Å²) in [5, 5.41) is 5.28. The molecular weight excluding hydrogens is 347 g/mol. The minimum atomic E-state index is -4.44. The molecule has 0 atom stereocenters. The summed E-state index contributed by atoms with van der Waals surface area (Å²) in [6.45, 7) is 1.26. The molecule has 8 heteroatoms. The fourth-order valence-electron chi connectivity index (χ4n) is 2.14. The number of halogens is 3. The van der Waals surface area contributed by atoms with Gasteiger partial charge in [-0.2, -0.15) is 13.2 Å². The molecule has 2 aromatic carbocycles. The first-order valence-corrected chi connectivity index (χ1v) is 7.72. The Labute approximate surface area is 148 Å². The number of benzene rings is 2. The number of hydrogen-bond donors (Lipinski definition) is 2. The fraction of sp³-hybridized carbons (Fsp3) is 0.222. The van der Waals surface area contributed by atoms with Crippen molar-refractivity contribution in [3.63, 3.8) is 0 Å². The predicted octanol–water partition coefficient (Wildman–Crippen LogP) is 3.74. The van der Waals surface area contributed by atoms with Gasteiger partial charge in [-0.25, -0.2) is 0 Å². The molecule has 0 aliphatic rings. The van der Waals surface area contributed by atoms with Gasteiger partial charge in [-0.05, 0) is 42.5 Å². The van der Waals surface area contributed by atoms with Gasteiger partial charge in [-0.1, -0.05) is 6.07 Å². The SMILES string of the molecule is CC(=O)N(C)c1ccc(NC(=O)CNc2cccc(C(F)(F)F)c2)cc1. The highest BCUT2D eigenvalue weighted by Crippen LogP contribution is 2.30. The number of hydrogen-bond acceptors (Lipinski definition) is 3. The van der Waals surface area contributed by atoms with Crippen molar-refractivity contribution in [2.24, 2.45) is 0 Å². The number of carbonyl (C=O) groups is 2. The molecule has 0 heterocycles. The summed E-state index contributed by atoms with van der Waals surface area (Å²) in [5.41, 5.74) is 0.612. The first-order valence-electron chi connectivity index (χ1n) is 7.72. The molecule has 0 radical (unpaired) electrons. The average Bonchev–Trinajstić information content (AvgIpc) is 2.59. The smallest absolute Gasteiger partial charge is 0.376 e. The lowest BCUT2D eigenvalue weighted by atomic mass is 10.2. The standard InChI is InChI=1S/C18H18F3N3O2/c1-12(25)24(2)16-8-6-14(7-9-16)23-17(26)11-22-15-5-3-4-13(10-15)18(19,20)21/h3-10,22H,11H2,1-2H3,(H,23,26). The monoisotopic (exact) mass is 365 g/mol. The highest BCUT2D eigenvalue weighted by atomic mass is 19.4. The molecule has 0 unspecified atom stereocenters. The van der Waals surface area contributed by atoms with Crippen LogP contribution in [0.25, 0.3) is 0 Å². The summed E-state index contributed by atoms with van der Waals surface area (Å²) < 4.78 is 38.0. The van der Waals surface area contributed by atoms with E-state index in [-0.39, 0.29) is 18.1 Å². The first-order chi connectivity index (χ1) is 12.2. The Morgan fingerprint density at radius 1 is 1.04 bits per heavy atom. The number of nitrogens with zero attached hydrogens (tertiary/aromatic N) is 1. The Balaban J connectivity index is 1.92. The maximum Gasteiger partial charge on any atom is 0.416 e. The van der Waals surface area contributed by atoms with Crippen LogP contribution in [0.3, 0.4) is 0 Å². The highest BCUT2D eigenvalue weighted by molar-refractivity contribution is 5.94. The predicted molar refractivity (Wildman–Crippen MR) is 94.1 cm³/mol. The van der Waals surface area contributed by atoms with E-state index >= 15 is 0 Å². The van der Waals surface area contributed by atoms with Gasteiger partial charge in [0.25, 0.3) is 0 Å². The Kier molecular flexibility index (Phi) is 5.86. The second-order valence-corrected chi connectivity index (χ2v) is 5.61. The van der Waals surface area contributed by atoms with E-state index in [0.717, 1.165) is 12.1 Å². The van der Waals surface area contributed by atoms with Gasteiger partial charge in [-0.15, -0.1) is 0 Å². The van der Waals surface area contributed by atoms with E-state index in [1.165, 1.54) is 24.0 Å². The topological polar surface area (TPSA) is 61.4 Å². The molecule has 0 spiro atoms. The lowest BCUT2D eigenvalue weighted by Crippen LogP contribution is -2.23. The van der Waals surface area contributed by atoms with Crippen molar-refractivity contribution in [2.75, 3.05) is 29.1 Å². The van der Waals surface area contributed by atoms with Crippen LogP contribution in [-0.2, 0) is 15.8 Å².